The number of aromatic amines is 1. The maximum absolute atomic E-state index is 11.6. The summed E-state index contributed by atoms with van der Waals surface area (Å²) in [4.78, 5) is 19.3. The monoisotopic (exact) mass is 291 g/mol. The molecule has 1 atom stereocenters. The number of piperidine rings is 1. The van der Waals surface area contributed by atoms with Crippen LogP contribution in [0.2, 0.25) is 0 Å². The summed E-state index contributed by atoms with van der Waals surface area (Å²) in [6, 6.07) is 4.15. The predicted molar refractivity (Wildman–Crippen MR) is 80.6 cm³/mol. The van der Waals surface area contributed by atoms with Crippen LogP contribution >= 0.6 is 0 Å². The highest BCUT2D eigenvalue weighted by atomic mass is 16.3. The van der Waals surface area contributed by atoms with Crippen LogP contribution in [0.25, 0.3) is 0 Å². The maximum Gasteiger partial charge on any atom is 0.219 e. The number of aromatic nitrogens is 1. The molecule has 2 N–H and O–H groups in total. The summed E-state index contributed by atoms with van der Waals surface area (Å²) in [6.07, 6.45) is 4.11. The van der Waals surface area contributed by atoms with E-state index < -0.39 is 0 Å². The average molecular weight is 291 g/mol. The largest absolute Gasteiger partial charge is 0.396 e. The molecule has 1 aromatic heterocycles. The van der Waals surface area contributed by atoms with Crippen LogP contribution in [0.4, 0.5) is 0 Å². The Morgan fingerprint density at radius 1 is 1.48 bits per heavy atom. The molecule has 3 heterocycles. The molecule has 2 aliphatic heterocycles. The summed E-state index contributed by atoms with van der Waals surface area (Å²) < 4.78 is 0. The lowest BCUT2D eigenvalue weighted by atomic mass is 9.71. The first-order valence-corrected chi connectivity index (χ1v) is 7.84. The normalized spacial score (nSPS) is 25.6. The van der Waals surface area contributed by atoms with Gasteiger partial charge in [0, 0.05) is 51.0 Å². The van der Waals surface area contributed by atoms with Gasteiger partial charge >= 0.3 is 0 Å². The lowest BCUT2D eigenvalue weighted by Crippen LogP contribution is -2.45. The number of carbonyl (C=O) groups is 1. The maximum atomic E-state index is 11.6. The van der Waals surface area contributed by atoms with Crippen LogP contribution in [-0.2, 0) is 11.3 Å². The molecule has 0 bridgehead atoms. The zero-order valence-corrected chi connectivity index (χ0v) is 12.7. The highest BCUT2D eigenvalue weighted by Gasteiger charge is 2.48. The van der Waals surface area contributed by atoms with Gasteiger partial charge < -0.3 is 15.0 Å². The standard InChI is InChI=1S/C16H25N3O2/c1-13(21)19-9-14(11-20)16(12-19)4-7-18(8-5-16)10-15-3-2-6-17-15/h2-3,6,14,17,20H,4-5,7-12H2,1H3. The molecule has 1 spiro atoms. The fourth-order valence-electron chi connectivity index (χ4n) is 3.95. The van der Waals surface area contributed by atoms with Crippen molar-refractivity contribution < 1.29 is 9.90 Å². The fraction of sp³-hybridized carbons (Fsp3) is 0.688. The van der Waals surface area contributed by atoms with Crippen LogP contribution in [-0.4, -0.2) is 58.6 Å². The molecular formula is C16H25N3O2. The highest BCUT2D eigenvalue weighted by Crippen LogP contribution is 2.44. The van der Waals surface area contributed by atoms with Gasteiger partial charge in [-0.15, -0.1) is 0 Å². The topological polar surface area (TPSA) is 59.6 Å². The smallest absolute Gasteiger partial charge is 0.219 e. The van der Waals surface area contributed by atoms with E-state index in [0.29, 0.717) is 0 Å². The molecule has 1 unspecified atom stereocenters. The Labute approximate surface area is 125 Å². The number of aliphatic hydroxyl groups excluding tert-OH is 1. The van der Waals surface area contributed by atoms with Crippen molar-refractivity contribution in [3.63, 3.8) is 0 Å². The minimum Gasteiger partial charge on any atom is -0.396 e. The van der Waals surface area contributed by atoms with Gasteiger partial charge in [0.05, 0.1) is 0 Å². The molecule has 0 saturated carbocycles. The van der Waals surface area contributed by atoms with Crippen molar-refractivity contribution in [1.82, 2.24) is 14.8 Å². The number of likely N-dealkylation sites (tertiary alicyclic amines) is 2. The molecule has 1 amide bonds. The number of nitrogens with zero attached hydrogens (tertiary/aromatic N) is 2. The molecule has 5 heteroatoms. The first-order valence-electron chi connectivity index (χ1n) is 7.84. The van der Waals surface area contributed by atoms with Crippen molar-refractivity contribution in [3.05, 3.63) is 24.0 Å². The molecule has 3 rings (SSSR count). The van der Waals surface area contributed by atoms with Crippen molar-refractivity contribution in [2.45, 2.75) is 26.3 Å². The second-order valence-corrected chi connectivity index (χ2v) is 6.61. The second-order valence-electron chi connectivity index (χ2n) is 6.61. The van der Waals surface area contributed by atoms with E-state index in [1.165, 1.54) is 5.69 Å². The molecule has 21 heavy (non-hydrogen) atoms. The van der Waals surface area contributed by atoms with E-state index in [2.05, 4.69) is 16.0 Å². The van der Waals surface area contributed by atoms with E-state index in [1.807, 2.05) is 17.2 Å². The molecule has 1 aromatic rings. The van der Waals surface area contributed by atoms with Crippen LogP contribution in [0.3, 0.4) is 0 Å². The van der Waals surface area contributed by atoms with E-state index in [-0.39, 0.29) is 23.8 Å². The average Bonchev–Trinajstić information content (AvgIpc) is 3.09. The third-order valence-corrected chi connectivity index (χ3v) is 5.39. The number of hydrogen-bond donors (Lipinski definition) is 2. The summed E-state index contributed by atoms with van der Waals surface area (Å²) >= 11 is 0. The first-order chi connectivity index (χ1) is 10.1. The summed E-state index contributed by atoms with van der Waals surface area (Å²) in [5.41, 5.74) is 1.38. The van der Waals surface area contributed by atoms with Gasteiger partial charge in [-0.25, -0.2) is 0 Å². The van der Waals surface area contributed by atoms with Crippen molar-refractivity contribution in [3.8, 4) is 0 Å². The first kappa shape index (κ1) is 14.6. The number of H-pyrrole nitrogens is 1. The third-order valence-electron chi connectivity index (χ3n) is 5.39. The Bertz CT molecular complexity index is 478. The van der Waals surface area contributed by atoms with Crippen molar-refractivity contribution in [2.24, 2.45) is 11.3 Å². The number of hydrogen-bond acceptors (Lipinski definition) is 3. The van der Waals surface area contributed by atoms with Gasteiger partial charge in [-0.05, 0) is 43.5 Å². The molecule has 2 fully saturated rings. The molecule has 0 aliphatic carbocycles. The van der Waals surface area contributed by atoms with Crippen molar-refractivity contribution in [1.29, 1.82) is 0 Å². The summed E-state index contributed by atoms with van der Waals surface area (Å²) in [6.45, 7) is 6.42. The van der Waals surface area contributed by atoms with Gasteiger partial charge in [0.25, 0.3) is 0 Å². The Morgan fingerprint density at radius 3 is 2.81 bits per heavy atom. The number of nitrogens with one attached hydrogen (secondary N) is 1. The summed E-state index contributed by atoms with van der Waals surface area (Å²) in [5.74, 6) is 0.383. The Kier molecular flexibility index (Phi) is 4.04. The van der Waals surface area contributed by atoms with Crippen molar-refractivity contribution in [2.75, 3.05) is 32.8 Å². The third kappa shape index (κ3) is 2.85. The SMILES string of the molecule is CC(=O)N1CC(CO)C2(CCN(Cc3ccc[nH]3)CC2)C1. The van der Waals surface area contributed by atoms with Crippen LogP contribution in [0.15, 0.2) is 18.3 Å². The van der Waals surface area contributed by atoms with Gasteiger partial charge in [0.15, 0.2) is 0 Å². The van der Waals surface area contributed by atoms with Gasteiger partial charge in [-0.2, -0.15) is 0 Å². The zero-order chi connectivity index (χ0) is 14.9. The zero-order valence-electron chi connectivity index (χ0n) is 12.7. The van der Waals surface area contributed by atoms with Crippen LogP contribution in [0.5, 0.6) is 0 Å². The van der Waals surface area contributed by atoms with Gasteiger partial charge in [0.2, 0.25) is 5.91 Å². The van der Waals surface area contributed by atoms with E-state index in [9.17, 15) is 9.90 Å². The highest BCUT2D eigenvalue weighted by molar-refractivity contribution is 5.73. The molecule has 0 aromatic carbocycles. The van der Waals surface area contributed by atoms with Gasteiger partial charge in [0.1, 0.15) is 0 Å². The molecule has 2 saturated heterocycles. The van der Waals surface area contributed by atoms with Crippen LogP contribution < -0.4 is 0 Å². The molecule has 2 aliphatic rings. The van der Waals surface area contributed by atoms with E-state index in [0.717, 1.165) is 45.6 Å². The fourth-order valence-corrected chi connectivity index (χ4v) is 3.95. The van der Waals surface area contributed by atoms with Crippen molar-refractivity contribution >= 4 is 5.91 Å². The van der Waals surface area contributed by atoms with Crippen LogP contribution in [0.1, 0.15) is 25.5 Å². The Balaban J connectivity index is 1.62. The molecular weight excluding hydrogens is 266 g/mol. The summed E-state index contributed by atoms with van der Waals surface area (Å²) in [5, 5.41) is 9.70. The number of aliphatic hydroxyl groups is 1. The quantitative estimate of drug-likeness (QED) is 0.876. The van der Waals surface area contributed by atoms with Crippen LogP contribution in [0, 0.1) is 11.3 Å². The number of carbonyl (C=O) groups excluding carboxylic acids is 1. The van der Waals surface area contributed by atoms with E-state index >= 15 is 0 Å². The van der Waals surface area contributed by atoms with E-state index in [1.54, 1.807) is 6.92 Å². The number of amides is 1. The second kappa shape index (κ2) is 5.81. The minimum atomic E-state index is 0.132. The molecule has 116 valence electrons. The number of rotatable bonds is 3. The Morgan fingerprint density at radius 2 is 2.24 bits per heavy atom. The minimum absolute atomic E-state index is 0.132. The van der Waals surface area contributed by atoms with E-state index in [4.69, 9.17) is 0 Å². The van der Waals surface area contributed by atoms with Gasteiger partial charge in [-0.1, -0.05) is 0 Å². The lowest BCUT2D eigenvalue weighted by molar-refractivity contribution is -0.128. The molecule has 5 nitrogen and oxygen atoms in total. The lowest BCUT2D eigenvalue weighted by Gasteiger charge is -2.42. The predicted octanol–water partition coefficient (Wildman–Crippen LogP) is 1.07. The van der Waals surface area contributed by atoms with Gasteiger partial charge in [-0.3, -0.25) is 9.69 Å². The summed E-state index contributed by atoms with van der Waals surface area (Å²) in [7, 11) is 0. The molecule has 0 radical (unpaired) electrons. The Hall–Kier alpha value is -1.33.